The molecular weight excluding hydrogens is 336 g/mol. The van der Waals surface area contributed by atoms with Crippen molar-refractivity contribution in [3.05, 3.63) is 35.6 Å². The summed E-state index contributed by atoms with van der Waals surface area (Å²) in [5, 5.41) is 13.5. The van der Waals surface area contributed by atoms with Crippen molar-refractivity contribution in [2.75, 3.05) is 6.61 Å². The fraction of sp³-hybridized carbons (Fsp3) is 0.429. The van der Waals surface area contributed by atoms with Crippen LogP contribution in [0.4, 0.5) is 22.4 Å². The van der Waals surface area contributed by atoms with Crippen LogP contribution in [-0.4, -0.2) is 35.6 Å². The second kappa shape index (κ2) is 6.27. The molecule has 0 aliphatic carbocycles. The molecule has 0 spiro atoms. The number of esters is 1. The Hall–Kier alpha value is -2.36. The highest BCUT2D eigenvalue weighted by molar-refractivity contribution is 5.83. The number of carbonyl (C=O) groups is 2. The molecule has 1 aliphatic heterocycles. The molecule has 0 bridgehead atoms. The lowest BCUT2D eigenvalue weighted by Crippen LogP contribution is -2.73. The number of halogens is 4. The van der Waals surface area contributed by atoms with Gasteiger partial charge in [-0.2, -0.15) is 13.2 Å². The Morgan fingerprint density at radius 1 is 1.42 bits per heavy atom. The largest absolute Gasteiger partial charge is 0.466 e. The van der Waals surface area contributed by atoms with E-state index in [1.807, 2.05) is 0 Å². The molecule has 2 amide bonds. The van der Waals surface area contributed by atoms with Crippen LogP contribution in [0, 0.1) is 11.7 Å². The summed E-state index contributed by atoms with van der Waals surface area (Å²) in [6.45, 7) is 1.13. The molecule has 10 heteroatoms. The number of rotatable bonds is 3. The van der Waals surface area contributed by atoms with E-state index in [0.717, 1.165) is 12.1 Å². The lowest BCUT2D eigenvalue weighted by atomic mass is 9.82. The number of alkyl halides is 3. The van der Waals surface area contributed by atoms with E-state index in [9.17, 15) is 32.3 Å². The highest BCUT2D eigenvalue weighted by Gasteiger charge is 2.67. The van der Waals surface area contributed by atoms with Gasteiger partial charge in [0.05, 0.1) is 12.6 Å². The first-order valence-electron chi connectivity index (χ1n) is 6.90. The highest BCUT2D eigenvalue weighted by atomic mass is 19.4. The van der Waals surface area contributed by atoms with Gasteiger partial charge in [-0.15, -0.1) is 0 Å². The molecule has 2 rings (SSSR count). The number of carbonyl (C=O) groups excluding carboxylic acids is 2. The molecule has 1 saturated heterocycles. The van der Waals surface area contributed by atoms with Crippen molar-refractivity contribution in [2.24, 2.45) is 5.92 Å². The van der Waals surface area contributed by atoms with Crippen LogP contribution >= 0.6 is 0 Å². The number of benzene rings is 1. The van der Waals surface area contributed by atoms with Crippen molar-refractivity contribution in [3.8, 4) is 0 Å². The van der Waals surface area contributed by atoms with Gasteiger partial charge in [0.15, 0.2) is 0 Å². The van der Waals surface area contributed by atoms with Crippen LogP contribution in [0.25, 0.3) is 0 Å². The summed E-state index contributed by atoms with van der Waals surface area (Å²) < 4.78 is 58.0. The van der Waals surface area contributed by atoms with Crippen LogP contribution in [0.5, 0.6) is 0 Å². The summed E-state index contributed by atoms with van der Waals surface area (Å²) >= 11 is 0. The van der Waals surface area contributed by atoms with Gasteiger partial charge in [0.2, 0.25) is 0 Å². The first-order valence-corrected chi connectivity index (χ1v) is 6.90. The van der Waals surface area contributed by atoms with Crippen LogP contribution in [0.1, 0.15) is 18.5 Å². The number of nitrogens with one attached hydrogen (secondary N) is 2. The Morgan fingerprint density at radius 2 is 2.08 bits per heavy atom. The zero-order chi connectivity index (χ0) is 18.1. The van der Waals surface area contributed by atoms with Crippen molar-refractivity contribution in [1.82, 2.24) is 10.6 Å². The molecule has 0 radical (unpaired) electrons. The Balaban J connectivity index is 2.57. The third-order valence-electron chi connectivity index (χ3n) is 3.55. The van der Waals surface area contributed by atoms with Gasteiger partial charge in [-0.25, -0.2) is 9.18 Å². The van der Waals surface area contributed by atoms with Crippen LogP contribution in [0.15, 0.2) is 24.3 Å². The van der Waals surface area contributed by atoms with Crippen molar-refractivity contribution in [1.29, 1.82) is 0 Å². The van der Waals surface area contributed by atoms with E-state index in [1.165, 1.54) is 24.4 Å². The molecule has 1 aliphatic rings. The molecule has 1 aromatic rings. The van der Waals surface area contributed by atoms with Gasteiger partial charge in [0.1, 0.15) is 11.7 Å². The van der Waals surface area contributed by atoms with Gasteiger partial charge in [-0.3, -0.25) is 4.79 Å². The minimum Gasteiger partial charge on any atom is -0.466 e. The fourth-order valence-electron chi connectivity index (χ4n) is 2.51. The van der Waals surface area contributed by atoms with E-state index in [4.69, 9.17) is 0 Å². The highest BCUT2D eigenvalue weighted by Crippen LogP contribution is 2.43. The first-order chi connectivity index (χ1) is 11.1. The second-order valence-corrected chi connectivity index (χ2v) is 5.12. The quantitative estimate of drug-likeness (QED) is 0.571. The van der Waals surface area contributed by atoms with Crippen LogP contribution < -0.4 is 10.6 Å². The standard InChI is InChI=1S/C14H14F4N2O4/c1-2-24-11(21)9-10(7-4-3-5-8(15)6-7)19-12(22)20-13(9,23)14(16,17)18/h3-6,9-10,23H,2H2,1H3,(H2,19,20,22)/t9-,10-,13-/m1/s1. The number of amides is 2. The van der Waals surface area contributed by atoms with E-state index in [-0.39, 0.29) is 12.2 Å². The van der Waals surface area contributed by atoms with Crippen LogP contribution in [0.3, 0.4) is 0 Å². The first kappa shape index (κ1) is 18.0. The van der Waals surface area contributed by atoms with E-state index in [0.29, 0.717) is 0 Å². The van der Waals surface area contributed by atoms with E-state index in [1.54, 1.807) is 0 Å². The fourth-order valence-corrected chi connectivity index (χ4v) is 2.51. The van der Waals surface area contributed by atoms with Gasteiger partial charge in [-0.05, 0) is 24.6 Å². The van der Waals surface area contributed by atoms with Gasteiger partial charge in [0.25, 0.3) is 5.72 Å². The lowest BCUT2D eigenvalue weighted by molar-refractivity contribution is -0.294. The third-order valence-corrected chi connectivity index (χ3v) is 3.55. The molecular formula is C14H14F4N2O4. The smallest absolute Gasteiger partial charge is 0.437 e. The van der Waals surface area contributed by atoms with Gasteiger partial charge in [0, 0.05) is 0 Å². The van der Waals surface area contributed by atoms with Crippen LogP contribution in [-0.2, 0) is 9.53 Å². The third kappa shape index (κ3) is 3.14. The predicted octanol–water partition coefficient (Wildman–Crippen LogP) is 1.61. The molecule has 132 valence electrons. The van der Waals surface area contributed by atoms with Gasteiger partial charge < -0.3 is 20.5 Å². The molecule has 0 aromatic heterocycles. The summed E-state index contributed by atoms with van der Waals surface area (Å²) in [5.41, 5.74) is -3.98. The number of urea groups is 1. The normalized spacial score (nSPS) is 27.2. The molecule has 1 aromatic carbocycles. The summed E-state index contributed by atoms with van der Waals surface area (Å²) in [6, 6.07) is 1.33. The second-order valence-electron chi connectivity index (χ2n) is 5.12. The average molecular weight is 350 g/mol. The van der Waals surface area contributed by atoms with Crippen molar-refractivity contribution < 1.29 is 37.0 Å². The molecule has 6 nitrogen and oxygen atoms in total. The lowest BCUT2D eigenvalue weighted by Gasteiger charge is -2.44. The molecule has 1 fully saturated rings. The Morgan fingerprint density at radius 3 is 2.62 bits per heavy atom. The number of hydrogen-bond acceptors (Lipinski definition) is 4. The molecule has 3 atom stereocenters. The average Bonchev–Trinajstić information content (AvgIpc) is 2.45. The maximum atomic E-state index is 13.4. The monoisotopic (exact) mass is 350 g/mol. The Kier molecular flexibility index (Phi) is 4.70. The van der Waals surface area contributed by atoms with Crippen molar-refractivity contribution in [2.45, 2.75) is 24.9 Å². The molecule has 3 N–H and O–H groups in total. The molecule has 1 heterocycles. The predicted molar refractivity (Wildman–Crippen MR) is 71.9 cm³/mol. The minimum atomic E-state index is -5.37. The van der Waals surface area contributed by atoms with E-state index in [2.05, 4.69) is 10.1 Å². The number of ether oxygens (including phenoxy) is 1. The SMILES string of the molecule is CCOC(=O)[C@H]1[C@@H](c2cccc(F)c2)NC(=O)N[C@]1(O)C(F)(F)F. The molecule has 0 saturated carbocycles. The molecule has 0 unspecified atom stereocenters. The summed E-state index contributed by atoms with van der Waals surface area (Å²) in [6.07, 6.45) is -5.37. The van der Waals surface area contributed by atoms with Crippen LogP contribution in [0.2, 0.25) is 0 Å². The van der Waals surface area contributed by atoms with Crippen molar-refractivity contribution in [3.63, 3.8) is 0 Å². The van der Waals surface area contributed by atoms with E-state index >= 15 is 0 Å². The van der Waals surface area contributed by atoms with E-state index < -0.39 is 41.7 Å². The van der Waals surface area contributed by atoms with Gasteiger partial charge in [-0.1, -0.05) is 12.1 Å². The zero-order valence-corrected chi connectivity index (χ0v) is 12.4. The Bertz CT molecular complexity index is 652. The summed E-state index contributed by atoms with van der Waals surface area (Å²) in [5.74, 6) is -4.44. The number of hydrogen-bond donors (Lipinski definition) is 3. The summed E-state index contributed by atoms with van der Waals surface area (Å²) in [4.78, 5) is 23.7. The zero-order valence-electron chi connectivity index (χ0n) is 12.4. The van der Waals surface area contributed by atoms with Gasteiger partial charge >= 0.3 is 18.2 Å². The Labute approximate surface area is 133 Å². The summed E-state index contributed by atoms with van der Waals surface area (Å²) in [7, 11) is 0. The maximum absolute atomic E-state index is 13.4. The maximum Gasteiger partial charge on any atom is 0.437 e. The van der Waals surface area contributed by atoms with Crippen molar-refractivity contribution >= 4 is 12.0 Å². The minimum absolute atomic E-state index is 0.120. The topological polar surface area (TPSA) is 87.7 Å². The number of aliphatic hydroxyl groups is 1. The molecule has 24 heavy (non-hydrogen) atoms.